The molecule has 3 aliphatic rings. The maximum Gasteiger partial charge on any atom is 0.231 e. The van der Waals surface area contributed by atoms with Crippen LogP contribution < -0.4 is 14.7 Å². The van der Waals surface area contributed by atoms with Crippen LogP contribution in [-0.4, -0.2) is 86.7 Å². The minimum absolute atomic E-state index is 0.0104. The zero-order valence-electron chi connectivity index (χ0n) is 24.4. The molecule has 0 bridgehead atoms. The highest BCUT2D eigenvalue weighted by Crippen LogP contribution is 2.29. The van der Waals surface area contributed by atoms with E-state index >= 15 is 0 Å². The maximum absolute atomic E-state index is 13.9. The van der Waals surface area contributed by atoms with Crippen LogP contribution in [-0.2, 0) is 14.3 Å². The lowest BCUT2D eigenvalue weighted by Crippen LogP contribution is -2.44. The van der Waals surface area contributed by atoms with E-state index in [4.69, 9.17) is 24.5 Å². The summed E-state index contributed by atoms with van der Waals surface area (Å²) >= 11 is 0. The van der Waals surface area contributed by atoms with Gasteiger partial charge in [0, 0.05) is 57.5 Å². The number of hydrogen-bond acceptors (Lipinski definition) is 8. The summed E-state index contributed by atoms with van der Waals surface area (Å²) in [6, 6.07) is 8.40. The van der Waals surface area contributed by atoms with Crippen LogP contribution in [0.2, 0.25) is 0 Å². The Morgan fingerprint density at radius 2 is 1.88 bits per heavy atom. The van der Waals surface area contributed by atoms with Gasteiger partial charge < -0.3 is 24.4 Å². The molecule has 9 heteroatoms. The van der Waals surface area contributed by atoms with Crippen molar-refractivity contribution in [3.05, 3.63) is 47.8 Å². The normalized spacial score (nSPS) is 18.9. The summed E-state index contributed by atoms with van der Waals surface area (Å²) in [6.07, 6.45) is 12.0. The van der Waals surface area contributed by atoms with Gasteiger partial charge in [0.1, 0.15) is 11.6 Å². The first-order valence-corrected chi connectivity index (χ1v) is 15.3. The quantitative estimate of drug-likeness (QED) is 0.409. The highest BCUT2D eigenvalue weighted by atomic mass is 16.5. The van der Waals surface area contributed by atoms with Gasteiger partial charge in [-0.15, -0.1) is 0 Å². The first kappa shape index (κ1) is 29.5. The molecule has 41 heavy (non-hydrogen) atoms. The molecule has 3 saturated heterocycles. The third-order valence-corrected chi connectivity index (χ3v) is 8.42. The third kappa shape index (κ3) is 8.05. The second-order valence-electron chi connectivity index (χ2n) is 11.4. The number of aromatic nitrogens is 2. The minimum Gasteiger partial charge on any atom is -0.394 e. The fourth-order valence-electron chi connectivity index (χ4n) is 6.10. The molecule has 0 aromatic carbocycles. The first-order valence-electron chi connectivity index (χ1n) is 15.3. The summed E-state index contributed by atoms with van der Waals surface area (Å²) < 4.78 is 10.9. The number of piperidine rings is 1. The average Bonchev–Trinajstić information content (AvgIpc) is 3.55. The van der Waals surface area contributed by atoms with E-state index in [0.29, 0.717) is 38.9 Å². The fourth-order valence-corrected chi connectivity index (χ4v) is 6.10. The molecule has 0 unspecified atom stereocenters. The van der Waals surface area contributed by atoms with Crippen molar-refractivity contribution in [3.8, 4) is 0 Å². The van der Waals surface area contributed by atoms with Crippen molar-refractivity contribution in [3.63, 3.8) is 0 Å². The van der Waals surface area contributed by atoms with E-state index in [0.717, 1.165) is 74.8 Å². The Hall–Kier alpha value is -3.01. The maximum atomic E-state index is 13.9. The Kier molecular flexibility index (Phi) is 10.6. The molecule has 2 aromatic rings. The molecule has 5 rings (SSSR count). The number of aliphatic hydroxyl groups excluding tert-OH is 1. The first-order chi connectivity index (χ1) is 20.1. The lowest BCUT2D eigenvalue weighted by molar-refractivity contribution is -0.125. The summed E-state index contributed by atoms with van der Waals surface area (Å²) in [7, 11) is 0. The van der Waals surface area contributed by atoms with Gasteiger partial charge in [-0.2, -0.15) is 0 Å². The number of carbonyl (C=O) groups is 1. The van der Waals surface area contributed by atoms with Crippen LogP contribution in [0.15, 0.2) is 36.5 Å². The van der Waals surface area contributed by atoms with Crippen molar-refractivity contribution in [1.82, 2.24) is 9.97 Å². The molecule has 1 N–H and O–H groups in total. The molecule has 0 atom stereocenters. The predicted octanol–water partition coefficient (Wildman–Crippen LogP) is 4.08. The van der Waals surface area contributed by atoms with Gasteiger partial charge in [-0.05, 0) is 81.2 Å². The number of anilines is 3. The van der Waals surface area contributed by atoms with Gasteiger partial charge in [0.15, 0.2) is 0 Å². The molecular weight excluding hydrogens is 518 g/mol. The van der Waals surface area contributed by atoms with Crippen LogP contribution in [0.25, 0.3) is 6.08 Å². The van der Waals surface area contributed by atoms with Gasteiger partial charge >= 0.3 is 0 Å². The lowest BCUT2D eigenvalue weighted by atomic mass is 9.93. The highest BCUT2D eigenvalue weighted by molar-refractivity contribution is 5.94. The molecule has 0 saturated carbocycles. The number of rotatable bonds is 11. The van der Waals surface area contributed by atoms with Gasteiger partial charge in [0.05, 0.1) is 31.7 Å². The molecule has 0 spiro atoms. The Bertz CT molecular complexity index is 1140. The molecule has 1 amide bonds. The van der Waals surface area contributed by atoms with Crippen LogP contribution in [0.3, 0.4) is 0 Å². The van der Waals surface area contributed by atoms with Crippen LogP contribution in [0.1, 0.15) is 49.8 Å². The molecule has 2 aromatic heterocycles. The van der Waals surface area contributed by atoms with E-state index < -0.39 is 0 Å². The van der Waals surface area contributed by atoms with Crippen LogP contribution in [0, 0.1) is 18.8 Å². The summed E-state index contributed by atoms with van der Waals surface area (Å²) in [4.78, 5) is 30.2. The summed E-state index contributed by atoms with van der Waals surface area (Å²) in [5, 5.41) is 8.92. The van der Waals surface area contributed by atoms with Crippen LogP contribution >= 0.6 is 0 Å². The summed E-state index contributed by atoms with van der Waals surface area (Å²) in [5.41, 5.74) is 3.05. The Balaban J connectivity index is 1.25. The third-order valence-electron chi connectivity index (χ3n) is 8.42. The van der Waals surface area contributed by atoms with Gasteiger partial charge in [0.25, 0.3) is 0 Å². The number of carbonyl (C=O) groups excluding carboxylic acids is 1. The Morgan fingerprint density at radius 1 is 1.10 bits per heavy atom. The standard InChI is InChI=1S/C32H45N5O4/c1-25-21-27(5-4-17-40-20-16-38)22-31(34-25)37(32(39)28-10-18-41-19-11-28)24-26-8-14-35(15-9-26)29-6-7-30(33-23-29)36-12-2-3-13-36/h4-7,21-23,26,28,38H,2-3,8-20,24H2,1H3/b5-4+. The van der Waals surface area contributed by atoms with Crippen molar-refractivity contribution < 1.29 is 19.4 Å². The molecule has 3 fully saturated rings. The molecule has 3 aliphatic heterocycles. The van der Waals surface area contributed by atoms with E-state index in [-0.39, 0.29) is 18.4 Å². The summed E-state index contributed by atoms with van der Waals surface area (Å²) in [6.45, 7) is 8.80. The van der Waals surface area contributed by atoms with Crippen LogP contribution in [0.4, 0.5) is 17.3 Å². The number of amides is 1. The number of nitrogens with zero attached hydrogens (tertiary/aromatic N) is 5. The molecular formula is C32H45N5O4. The second kappa shape index (κ2) is 14.8. The topological polar surface area (TPSA) is 91.3 Å². The summed E-state index contributed by atoms with van der Waals surface area (Å²) in [5.74, 6) is 2.34. The van der Waals surface area contributed by atoms with Gasteiger partial charge in [-0.3, -0.25) is 9.69 Å². The predicted molar refractivity (Wildman–Crippen MR) is 162 cm³/mol. The molecule has 0 aliphatic carbocycles. The lowest BCUT2D eigenvalue weighted by Gasteiger charge is -2.37. The van der Waals surface area contributed by atoms with Crippen molar-refractivity contribution >= 4 is 29.3 Å². The number of aliphatic hydroxyl groups is 1. The van der Waals surface area contributed by atoms with Crippen molar-refractivity contribution in [1.29, 1.82) is 0 Å². The number of hydrogen-bond donors (Lipinski definition) is 1. The largest absolute Gasteiger partial charge is 0.394 e. The van der Waals surface area contributed by atoms with Crippen LogP contribution in [0.5, 0.6) is 0 Å². The second-order valence-corrected chi connectivity index (χ2v) is 11.4. The number of aryl methyl sites for hydroxylation is 1. The Morgan fingerprint density at radius 3 is 2.59 bits per heavy atom. The highest BCUT2D eigenvalue weighted by Gasteiger charge is 2.31. The van der Waals surface area contributed by atoms with Gasteiger partial charge in [-0.1, -0.05) is 12.2 Å². The van der Waals surface area contributed by atoms with Crippen molar-refractivity contribution in [2.45, 2.75) is 45.4 Å². The van der Waals surface area contributed by atoms with Crippen molar-refractivity contribution in [2.75, 3.05) is 80.5 Å². The minimum atomic E-state index is -0.0304. The van der Waals surface area contributed by atoms with E-state index in [1.807, 2.05) is 42.3 Å². The molecule has 9 nitrogen and oxygen atoms in total. The van der Waals surface area contributed by atoms with E-state index in [2.05, 4.69) is 21.9 Å². The zero-order valence-corrected chi connectivity index (χ0v) is 24.4. The Labute approximate surface area is 244 Å². The molecule has 5 heterocycles. The van der Waals surface area contributed by atoms with Gasteiger partial charge in [0.2, 0.25) is 5.91 Å². The fraction of sp³-hybridized carbons (Fsp3) is 0.594. The average molecular weight is 564 g/mol. The molecule has 222 valence electrons. The number of pyridine rings is 2. The monoisotopic (exact) mass is 563 g/mol. The molecule has 0 radical (unpaired) electrons. The smallest absolute Gasteiger partial charge is 0.231 e. The zero-order chi connectivity index (χ0) is 28.4. The van der Waals surface area contributed by atoms with E-state index in [1.54, 1.807) is 0 Å². The number of ether oxygens (including phenoxy) is 2. The van der Waals surface area contributed by atoms with Crippen molar-refractivity contribution in [2.24, 2.45) is 11.8 Å². The van der Waals surface area contributed by atoms with E-state index in [9.17, 15) is 4.79 Å². The van der Waals surface area contributed by atoms with E-state index in [1.165, 1.54) is 18.5 Å². The van der Waals surface area contributed by atoms with Gasteiger partial charge in [-0.25, -0.2) is 9.97 Å². The SMILES string of the molecule is Cc1cc(/C=C/COCCO)cc(N(CC2CCN(c3ccc(N4CCCC4)nc3)CC2)C(=O)C2CCOCC2)n1.